The number of ether oxygens (including phenoxy) is 1. The molecule has 0 fully saturated rings. The lowest BCUT2D eigenvalue weighted by Crippen LogP contribution is -2.46. The van der Waals surface area contributed by atoms with Crippen LogP contribution in [0.1, 0.15) is 12.5 Å². The Hall–Kier alpha value is -2.41. The van der Waals surface area contributed by atoms with Crippen molar-refractivity contribution in [3.05, 3.63) is 35.9 Å². The molecule has 3 N–H and O–H groups in total. The number of carbonyl (C=O) groups is 3. The summed E-state index contributed by atoms with van der Waals surface area (Å²) >= 11 is 0. The van der Waals surface area contributed by atoms with E-state index in [1.54, 1.807) is 0 Å². The minimum absolute atomic E-state index is 0.214. The van der Waals surface area contributed by atoms with Crippen LogP contribution < -0.4 is 5.73 Å². The van der Waals surface area contributed by atoms with Crippen LogP contribution >= 0.6 is 0 Å². The summed E-state index contributed by atoms with van der Waals surface area (Å²) in [5.41, 5.74) is 5.89. The molecule has 0 heterocycles. The monoisotopic (exact) mass is 294 g/mol. The van der Waals surface area contributed by atoms with Crippen LogP contribution in [0.2, 0.25) is 0 Å². The van der Waals surface area contributed by atoms with Gasteiger partial charge >= 0.3 is 5.97 Å². The molecule has 0 radical (unpaired) electrons. The maximum absolute atomic E-state index is 12.1. The summed E-state index contributed by atoms with van der Waals surface area (Å²) in [6.07, 6.45) is -0.871. The summed E-state index contributed by atoms with van der Waals surface area (Å²) in [5.74, 6) is -2.59. The molecule has 114 valence electrons. The largest absolute Gasteiger partial charge is 0.480 e. The summed E-state index contributed by atoms with van der Waals surface area (Å²) in [6, 6.07) is 9.23. The number of primary amides is 1. The van der Waals surface area contributed by atoms with Gasteiger partial charge in [0.25, 0.3) is 5.91 Å². The minimum Gasteiger partial charge on any atom is -0.480 e. The number of hydrogen-bond acceptors (Lipinski definition) is 4. The first kappa shape index (κ1) is 16.6. The average Bonchev–Trinajstić information content (AvgIpc) is 2.43. The number of carboxylic acids is 1. The van der Waals surface area contributed by atoms with Crippen molar-refractivity contribution in [3.8, 4) is 0 Å². The summed E-state index contributed by atoms with van der Waals surface area (Å²) in [4.78, 5) is 34.5. The predicted octanol–water partition coefficient (Wildman–Crippen LogP) is -0.00980. The summed E-state index contributed by atoms with van der Waals surface area (Å²) in [7, 11) is 0. The second kappa shape index (κ2) is 8.01. The standard InChI is InChI=1S/C14H18N2O5/c1-10(21-9-11-5-3-2-4-6-11)14(20)16(7-12(15)17)8-13(18)19/h2-6,10H,7-9H2,1H3,(H2,15,17)(H,18,19). The first-order valence-corrected chi connectivity index (χ1v) is 6.34. The summed E-state index contributed by atoms with van der Waals surface area (Å²) in [6.45, 7) is 0.664. The van der Waals surface area contributed by atoms with Gasteiger partial charge in [-0.2, -0.15) is 0 Å². The summed E-state index contributed by atoms with van der Waals surface area (Å²) < 4.78 is 5.40. The third kappa shape index (κ3) is 6.05. The van der Waals surface area contributed by atoms with E-state index in [2.05, 4.69) is 0 Å². The first-order valence-electron chi connectivity index (χ1n) is 6.34. The SMILES string of the molecule is CC(OCc1ccccc1)C(=O)N(CC(N)=O)CC(=O)O. The molecule has 0 bridgehead atoms. The molecule has 21 heavy (non-hydrogen) atoms. The van der Waals surface area contributed by atoms with Gasteiger partial charge in [0, 0.05) is 0 Å². The van der Waals surface area contributed by atoms with Crippen molar-refractivity contribution in [1.29, 1.82) is 0 Å². The molecular formula is C14H18N2O5. The molecule has 0 aliphatic carbocycles. The van der Waals surface area contributed by atoms with Crippen LogP contribution in [0.15, 0.2) is 30.3 Å². The van der Waals surface area contributed by atoms with Crippen molar-refractivity contribution in [1.82, 2.24) is 4.90 Å². The van der Waals surface area contributed by atoms with Gasteiger partial charge in [0.1, 0.15) is 19.2 Å². The fourth-order valence-electron chi connectivity index (χ4n) is 1.69. The van der Waals surface area contributed by atoms with Crippen molar-refractivity contribution in [2.75, 3.05) is 13.1 Å². The molecule has 1 unspecified atom stereocenters. The molecule has 7 heteroatoms. The van der Waals surface area contributed by atoms with Crippen LogP contribution in [0.5, 0.6) is 0 Å². The Balaban J connectivity index is 2.60. The number of benzene rings is 1. The Morgan fingerprint density at radius 1 is 1.24 bits per heavy atom. The van der Waals surface area contributed by atoms with Gasteiger partial charge in [-0.3, -0.25) is 14.4 Å². The van der Waals surface area contributed by atoms with Crippen molar-refractivity contribution >= 4 is 17.8 Å². The number of nitrogens with two attached hydrogens (primary N) is 1. The first-order chi connectivity index (χ1) is 9.90. The highest BCUT2D eigenvalue weighted by atomic mass is 16.5. The van der Waals surface area contributed by atoms with E-state index in [1.807, 2.05) is 30.3 Å². The highest BCUT2D eigenvalue weighted by molar-refractivity contribution is 5.88. The highest BCUT2D eigenvalue weighted by Gasteiger charge is 2.24. The summed E-state index contributed by atoms with van der Waals surface area (Å²) in [5, 5.41) is 8.75. The van der Waals surface area contributed by atoms with Gasteiger partial charge in [-0.15, -0.1) is 0 Å². The molecule has 0 aromatic heterocycles. The zero-order valence-corrected chi connectivity index (χ0v) is 11.7. The van der Waals surface area contributed by atoms with E-state index in [1.165, 1.54) is 6.92 Å². The van der Waals surface area contributed by atoms with Crippen molar-refractivity contribution in [2.24, 2.45) is 5.73 Å². The third-order valence-corrected chi connectivity index (χ3v) is 2.68. The Kier molecular flexibility index (Phi) is 6.35. The molecule has 7 nitrogen and oxygen atoms in total. The van der Waals surface area contributed by atoms with Gasteiger partial charge in [0.2, 0.25) is 5.91 Å². The number of hydrogen-bond donors (Lipinski definition) is 2. The molecule has 0 aliphatic rings. The average molecular weight is 294 g/mol. The van der Waals surface area contributed by atoms with Crippen LogP contribution in [0.25, 0.3) is 0 Å². The second-order valence-corrected chi connectivity index (χ2v) is 4.49. The van der Waals surface area contributed by atoms with Crippen LogP contribution in [0, 0.1) is 0 Å². The number of amides is 2. The van der Waals surface area contributed by atoms with Gasteiger partial charge in [0.05, 0.1) is 6.61 Å². The quantitative estimate of drug-likeness (QED) is 0.700. The van der Waals surface area contributed by atoms with Crippen molar-refractivity contribution in [2.45, 2.75) is 19.6 Å². The Labute approximate surface area is 122 Å². The predicted molar refractivity (Wildman–Crippen MR) is 74.1 cm³/mol. The molecule has 0 spiro atoms. The van der Waals surface area contributed by atoms with Crippen molar-refractivity contribution < 1.29 is 24.2 Å². The van der Waals surface area contributed by atoms with Crippen LogP contribution in [-0.4, -0.2) is 47.0 Å². The fraction of sp³-hybridized carbons (Fsp3) is 0.357. The van der Waals surface area contributed by atoms with Crippen LogP contribution in [0.3, 0.4) is 0 Å². The maximum Gasteiger partial charge on any atom is 0.323 e. The smallest absolute Gasteiger partial charge is 0.323 e. The van der Waals surface area contributed by atoms with E-state index < -0.39 is 37.0 Å². The number of aliphatic carboxylic acids is 1. The second-order valence-electron chi connectivity index (χ2n) is 4.49. The van der Waals surface area contributed by atoms with Gasteiger partial charge in [-0.25, -0.2) is 0 Å². The van der Waals surface area contributed by atoms with E-state index in [9.17, 15) is 14.4 Å². The number of nitrogens with zero attached hydrogens (tertiary/aromatic N) is 1. The topological polar surface area (TPSA) is 110 Å². The molecule has 2 amide bonds. The highest BCUT2D eigenvalue weighted by Crippen LogP contribution is 2.06. The number of rotatable bonds is 8. The fourth-order valence-corrected chi connectivity index (χ4v) is 1.69. The molecule has 1 aromatic carbocycles. The van der Waals surface area contributed by atoms with Crippen LogP contribution in [-0.2, 0) is 25.7 Å². The molecule has 1 rings (SSSR count). The third-order valence-electron chi connectivity index (χ3n) is 2.68. The lowest BCUT2D eigenvalue weighted by Gasteiger charge is -2.23. The lowest BCUT2D eigenvalue weighted by atomic mass is 10.2. The van der Waals surface area contributed by atoms with Gasteiger partial charge in [-0.1, -0.05) is 30.3 Å². The molecule has 0 aliphatic heterocycles. The van der Waals surface area contributed by atoms with Gasteiger partial charge in [-0.05, 0) is 12.5 Å². The van der Waals surface area contributed by atoms with Gasteiger partial charge in [0.15, 0.2) is 0 Å². The molecule has 0 saturated heterocycles. The van der Waals surface area contributed by atoms with E-state index in [-0.39, 0.29) is 6.61 Å². The Bertz CT molecular complexity index is 487. The zero-order chi connectivity index (χ0) is 15.8. The van der Waals surface area contributed by atoms with E-state index in [0.717, 1.165) is 10.5 Å². The Morgan fingerprint density at radius 2 is 1.86 bits per heavy atom. The van der Waals surface area contributed by atoms with Gasteiger partial charge < -0.3 is 20.5 Å². The van der Waals surface area contributed by atoms with E-state index >= 15 is 0 Å². The zero-order valence-electron chi connectivity index (χ0n) is 11.7. The van der Waals surface area contributed by atoms with E-state index in [0.29, 0.717) is 0 Å². The van der Waals surface area contributed by atoms with E-state index in [4.69, 9.17) is 15.6 Å². The Morgan fingerprint density at radius 3 is 2.38 bits per heavy atom. The minimum atomic E-state index is -1.22. The normalized spacial score (nSPS) is 11.7. The molecular weight excluding hydrogens is 276 g/mol. The number of carboxylic acid groups (broad SMARTS) is 1. The maximum atomic E-state index is 12.1. The molecule has 1 atom stereocenters. The van der Waals surface area contributed by atoms with Crippen LogP contribution in [0.4, 0.5) is 0 Å². The lowest BCUT2D eigenvalue weighted by molar-refractivity contribution is -0.151. The molecule has 1 aromatic rings. The molecule has 0 saturated carbocycles. The number of carbonyl (C=O) groups excluding carboxylic acids is 2. The van der Waals surface area contributed by atoms with Crippen molar-refractivity contribution in [3.63, 3.8) is 0 Å².